The van der Waals surface area contributed by atoms with Crippen molar-refractivity contribution in [3.05, 3.63) is 23.8 Å². The van der Waals surface area contributed by atoms with E-state index < -0.39 is 6.10 Å². The lowest BCUT2D eigenvalue weighted by atomic mass is 9.47. The summed E-state index contributed by atoms with van der Waals surface area (Å²) >= 11 is 0. The van der Waals surface area contributed by atoms with Crippen LogP contribution in [0.5, 0.6) is 0 Å². The van der Waals surface area contributed by atoms with Gasteiger partial charge in [-0.05, 0) is 61.5 Å². The van der Waals surface area contributed by atoms with E-state index in [0.29, 0.717) is 18.3 Å². The number of fused-ring (bicyclic) bond motifs is 5. The number of rotatable bonds is 0. The molecule has 0 heterocycles. The zero-order chi connectivity index (χ0) is 15.7. The molecule has 0 amide bonds. The molecule has 3 saturated carbocycles. The smallest absolute Gasteiger partial charge is 0.178 e. The molecule has 120 valence electrons. The molecule has 0 aromatic heterocycles. The lowest BCUT2D eigenvalue weighted by Crippen LogP contribution is -2.56. The largest absolute Gasteiger partial charge is 0.393 e. The predicted molar refractivity (Wildman–Crippen MR) is 84.0 cm³/mol. The average Bonchev–Trinajstić information content (AvgIpc) is 2.75. The van der Waals surface area contributed by atoms with Crippen molar-refractivity contribution in [3.63, 3.8) is 0 Å². The van der Waals surface area contributed by atoms with Gasteiger partial charge in [0.2, 0.25) is 0 Å². The van der Waals surface area contributed by atoms with Gasteiger partial charge in [-0.1, -0.05) is 25.5 Å². The summed E-state index contributed by atoms with van der Waals surface area (Å²) in [6.45, 7) is 4.36. The van der Waals surface area contributed by atoms with E-state index in [9.17, 15) is 15.0 Å². The molecule has 0 aliphatic heterocycles. The number of aliphatic hydroxyl groups excluding tert-OH is 2. The van der Waals surface area contributed by atoms with Crippen molar-refractivity contribution in [1.82, 2.24) is 0 Å². The van der Waals surface area contributed by atoms with Gasteiger partial charge in [-0.3, -0.25) is 4.79 Å². The normalized spacial score (nSPS) is 53.5. The Bertz CT molecular complexity index is 577. The molecular weight excluding hydrogens is 276 g/mol. The summed E-state index contributed by atoms with van der Waals surface area (Å²) < 4.78 is 0. The summed E-state index contributed by atoms with van der Waals surface area (Å²) in [5.74, 6) is 1.21. The first kappa shape index (κ1) is 14.6. The van der Waals surface area contributed by atoms with Crippen LogP contribution in [0.2, 0.25) is 0 Å². The minimum Gasteiger partial charge on any atom is -0.393 e. The number of hydrogen-bond acceptors (Lipinski definition) is 3. The number of ketones is 1. The molecule has 0 spiro atoms. The van der Waals surface area contributed by atoms with Crippen LogP contribution in [0.25, 0.3) is 0 Å². The van der Waals surface area contributed by atoms with E-state index in [1.54, 1.807) is 12.2 Å². The van der Waals surface area contributed by atoms with Crippen molar-refractivity contribution in [2.24, 2.45) is 28.6 Å². The maximum atomic E-state index is 11.7. The van der Waals surface area contributed by atoms with Gasteiger partial charge in [-0.15, -0.1) is 0 Å². The molecule has 6 unspecified atom stereocenters. The minimum absolute atomic E-state index is 0.0809. The first-order valence-corrected chi connectivity index (χ1v) is 8.66. The fourth-order valence-corrected chi connectivity index (χ4v) is 6.30. The quantitative estimate of drug-likeness (QED) is 0.723. The highest BCUT2D eigenvalue weighted by Gasteiger charge is 2.61. The van der Waals surface area contributed by atoms with Gasteiger partial charge >= 0.3 is 0 Å². The van der Waals surface area contributed by atoms with E-state index in [0.717, 1.165) is 25.7 Å². The maximum Gasteiger partial charge on any atom is 0.178 e. The highest BCUT2D eigenvalue weighted by molar-refractivity contribution is 6.01. The zero-order valence-electron chi connectivity index (χ0n) is 13.5. The molecular formula is C19H26O3. The third-order valence-electron chi connectivity index (χ3n) is 7.44. The minimum atomic E-state index is -0.398. The Balaban J connectivity index is 1.76. The Morgan fingerprint density at radius 2 is 1.95 bits per heavy atom. The Morgan fingerprint density at radius 3 is 2.73 bits per heavy atom. The number of hydrogen-bond donors (Lipinski definition) is 2. The van der Waals surface area contributed by atoms with Gasteiger partial charge in [0.1, 0.15) is 0 Å². The van der Waals surface area contributed by atoms with Gasteiger partial charge in [0.25, 0.3) is 0 Å². The van der Waals surface area contributed by atoms with Crippen LogP contribution in [0, 0.1) is 28.6 Å². The summed E-state index contributed by atoms with van der Waals surface area (Å²) in [5, 5.41) is 21.4. The number of allylic oxidation sites excluding steroid dienone is 4. The second kappa shape index (κ2) is 4.55. The predicted octanol–water partition coefficient (Wildman–Crippen LogP) is 2.63. The number of aliphatic hydroxyl groups is 2. The van der Waals surface area contributed by atoms with Crippen LogP contribution in [-0.4, -0.2) is 28.2 Å². The summed E-state index contributed by atoms with van der Waals surface area (Å²) in [7, 11) is 0. The van der Waals surface area contributed by atoms with E-state index in [-0.39, 0.29) is 28.6 Å². The summed E-state index contributed by atoms with van der Waals surface area (Å²) in [6.07, 6.45) is 9.44. The number of carbonyl (C=O) groups excluding carboxylic acids is 1. The van der Waals surface area contributed by atoms with Crippen LogP contribution in [-0.2, 0) is 4.79 Å². The summed E-state index contributed by atoms with van der Waals surface area (Å²) in [5.41, 5.74) is 0.875. The van der Waals surface area contributed by atoms with E-state index >= 15 is 0 Å². The fraction of sp³-hybridized carbons (Fsp3) is 0.737. The standard InChI is InChI=1S/C19H26O3/c1-18-8-7-12(20)9-11(18)3-4-13-14-5-6-16(22)19(14,2)10-15(21)17(13)18/h7-9,13-17,21-22H,3-6,10H2,1-2H3/t13?,14?,15-,16?,17?,18?,19?/m1/s1. The molecule has 2 N–H and O–H groups in total. The highest BCUT2D eigenvalue weighted by atomic mass is 16.3. The van der Waals surface area contributed by atoms with E-state index in [2.05, 4.69) is 13.8 Å². The van der Waals surface area contributed by atoms with Gasteiger partial charge in [0.05, 0.1) is 12.2 Å². The first-order valence-electron chi connectivity index (χ1n) is 8.66. The lowest BCUT2D eigenvalue weighted by molar-refractivity contribution is -0.129. The lowest BCUT2D eigenvalue weighted by Gasteiger charge is -2.58. The zero-order valence-corrected chi connectivity index (χ0v) is 13.5. The second-order valence-corrected chi connectivity index (χ2v) is 8.39. The topological polar surface area (TPSA) is 57.5 Å². The Labute approximate surface area is 132 Å². The molecule has 4 aliphatic rings. The van der Waals surface area contributed by atoms with Crippen molar-refractivity contribution in [2.75, 3.05) is 0 Å². The van der Waals surface area contributed by atoms with Crippen molar-refractivity contribution < 1.29 is 15.0 Å². The molecule has 0 saturated heterocycles. The maximum absolute atomic E-state index is 11.7. The van der Waals surface area contributed by atoms with Crippen LogP contribution in [0.15, 0.2) is 23.8 Å². The van der Waals surface area contributed by atoms with Gasteiger partial charge in [-0.25, -0.2) is 0 Å². The summed E-state index contributed by atoms with van der Waals surface area (Å²) in [6, 6.07) is 0. The molecule has 22 heavy (non-hydrogen) atoms. The molecule has 3 heteroatoms. The van der Waals surface area contributed by atoms with Gasteiger partial charge in [-0.2, -0.15) is 0 Å². The molecule has 3 nitrogen and oxygen atoms in total. The molecule has 0 bridgehead atoms. The third-order valence-corrected chi connectivity index (χ3v) is 7.44. The summed E-state index contributed by atoms with van der Waals surface area (Å²) in [4.78, 5) is 11.7. The molecule has 7 atom stereocenters. The van der Waals surface area contributed by atoms with Crippen molar-refractivity contribution in [1.29, 1.82) is 0 Å². The van der Waals surface area contributed by atoms with Gasteiger partial charge < -0.3 is 10.2 Å². The molecule has 4 rings (SSSR count). The van der Waals surface area contributed by atoms with Gasteiger partial charge in [0, 0.05) is 11.3 Å². The number of carbonyl (C=O) groups is 1. The van der Waals surface area contributed by atoms with Crippen molar-refractivity contribution >= 4 is 5.78 Å². The van der Waals surface area contributed by atoms with Crippen LogP contribution in [0.1, 0.15) is 46.0 Å². The van der Waals surface area contributed by atoms with Crippen LogP contribution in [0.3, 0.4) is 0 Å². The van der Waals surface area contributed by atoms with Crippen LogP contribution >= 0.6 is 0 Å². The third kappa shape index (κ3) is 1.73. The fourth-order valence-electron chi connectivity index (χ4n) is 6.30. The molecule has 0 aromatic rings. The first-order chi connectivity index (χ1) is 10.4. The Morgan fingerprint density at radius 1 is 1.18 bits per heavy atom. The highest BCUT2D eigenvalue weighted by Crippen LogP contribution is 2.64. The second-order valence-electron chi connectivity index (χ2n) is 8.39. The Kier molecular flexibility index (Phi) is 3.03. The SMILES string of the molecule is CC12C=CC(=O)C=C1CCC1C2[C@H](O)CC2(C)C(O)CCC12. The van der Waals surface area contributed by atoms with Gasteiger partial charge in [0.15, 0.2) is 5.78 Å². The van der Waals surface area contributed by atoms with E-state index in [1.165, 1.54) is 5.57 Å². The van der Waals surface area contributed by atoms with Crippen molar-refractivity contribution in [3.8, 4) is 0 Å². The monoisotopic (exact) mass is 302 g/mol. The van der Waals surface area contributed by atoms with Crippen LogP contribution < -0.4 is 0 Å². The average molecular weight is 302 g/mol. The van der Waals surface area contributed by atoms with Crippen molar-refractivity contribution in [2.45, 2.75) is 58.2 Å². The molecule has 4 aliphatic carbocycles. The Hall–Kier alpha value is -0.930. The van der Waals surface area contributed by atoms with E-state index in [1.807, 2.05) is 6.08 Å². The van der Waals surface area contributed by atoms with E-state index in [4.69, 9.17) is 0 Å². The molecule has 0 aromatic carbocycles. The van der Waals surface area contributed by atoms with Crippen LogP contribution in [0.4, 0.5) is 0 Å². The molecule has 3 fully saturated rings. The molecule has 0 radical (unpaired) electrons.